The minimum Gasteiger partial charge on any atom is -0.382 e. The Labute approximate surface area is 181 Å². The molecule has 3 aromatic rings. The first kappa shape index (κ1) is 21.8. The number of aliphatic imine (C=N–C) groups is 1. The summed E-state index contributed by atoms with van der Waals surface area (Å²) in [6, 6.07) is 18.1. The summed E-state index contributed by atoms with van der Waals surface area (Å²) in [7, 11) is 3.65. The van der Waals surface area contributed by atoms with Crippen molar-refractivity contribution in [3.8, 4) is 11.8 Å². The molecule has 0 atom stereocenters. The van der Waals surface area contributed by atoms with Crippen molar-refractivity contribution in [2.45, 2.75) is 19.4 Å². The van der Waals surface area contributed by atoms with Crippen molar-refractivity contribution in [2.75, 3.05) is 26.4 Å². The Morgan fingerprint density at radius 3 is 2.58 bits per heavy atom. The van der Waals surface area contributed by atoms with Crippen molar-refractivity contribution in [1.29, 1.82) is 5.26 Å². The number of hydrogen-bond acceptors (Lipinski definition) is 4. The first-order valence-electron chi connectivity index (χ1n) is 10.0. The number of nitrogens with one attached hydrogen (secondary N) is 1. The number of nitrogen functional groups attached to an aromatic ring is 1. The number of aryl methyl sites for hydroxylation is 1. The molecule has 31 heavy (non-hydrogen) atoms. The van der Waals surface area contributed by atoms with Crippen LogP contribution in [0, 0.1) is 17.1 Å². The smallest absolute Gasteiger partial charge is 0.193 e. The molecule has 0 radical (unpaired) electrons. The summed E-state index contributed by atoms with van der Waals surface area (Å²) in [5, 5.41) is 17.4. The van der Waals surface area contributed by atoms with Crippen LogP contribution in [0.5, 0.6) is 0 Å². The van der Waals surface area contributed by atoms with Crippen LogP contribution >= 0.6 is 0 Å². The van der Waals surface area contributed by atoms with Crippen LogP contribution in [0.4, 0.5) is 10.2 Å². The van der Waals surface area contributed by atoms with Crippen LogP contribution in [-0.2, 0) is 13.0 Å². The maximum Gasteiger partial charge on any atom is 0.193 e. The van der Waals surface area contributed by atoms with Gasteiger partial charge in [-0.3, -0.25) is 4.99 Å². The first-order valence-corrected chi connectivity index (χ1v) is 10.0. The van der Waals surface area contributed by atoms with Crippen molar-refractivity contribution < 1.29 is 4.39 Å². The van der Waals surface area contributed by atoms with Gasteiger partial charge in [0, 0.05) is 27.2 Å². The molecule has 1 aromatic heterocycles. The van der Waals surface area contributed by atoms with E-state index in [0.717, 1.165) is 23.6 Å². The van der Waals surface area contributed by atoms with E-state index >= 15 is 0 Å². The van der Waals surface area contributed by atoms with Crippen LogP contribution in [-0.4, -0.2) is 41.3 Å². The molecule has 2 aromatic carbocycles. The number of rotatable bonds is 7. The molecular formula is C23H26FN7. The molecule has 7 nitrogen and oxygen atoms in total. The van der Waals surface area contributed by atoms with Crippen LogP contribution in [0.15, 0.2) is 59.6 Å². The molecule has 0 spiro atoms. The number of nitrogens with zero attached hydrogens (tertiary/aromatic N) is 5. The lowest BCUT2D eigenvalue weighted by molar-refractivity contribution is 0.475. The fraction of sp³-hybridized carbons (Fsp3) is 0.261. The molecule has 0 unspecified atom stereocenters. The normalized spacial score (nSPS) is 11.2. The molecule has 8 heteroatoms. The highest BCUT2D eigenvalue weighted by atomic mass is 19.1. The van der Waals surface area contributed by atoms with E-state index in [0.29, 0.717) is 36.6 Å². The lowest BCUT2D eigenvalue weighted by atomic mass is 10.1. The van der Waals surface area contributed by atoms with Gasteiger partial charge in [-0.15, -0.1) is 0 Å². The standard InChI is InChI=1S/C23H26FN7/c1-27-23(30(2)16-17-10-12-18(24)13-11-17)28-14-6-9-21-20(15-25)22(26)31(29-21)19-7-4-3-5-8-19/h3-5,7-8,10-13H,6,9,14,16,26H2,1-2H3,(H,27,28). The minimum absolute atomic E-state index is 0.249. The maximum atomic E-state index is 13.1. The molecule has 160 valence electrons. The van der Waals surface area contributed by atoms with E-state index in [2.05, 4.69) is 21.5 Å². The number of benzene rings is 2. The lowest BCUT2D eigenvalue weighted by Gasteiger charge is -2.22. The summed E-state index contributed by atoms with van der Waals surface area (Å²) in [6.45, 7) is 1.26. The molecule has 0 aliphatic rings. The summed E-state index contributed by atoms with van der Waals surface area (Å²) in [4.78, 5) is 6.27. The molecular weight excluding hydrogens is 393 g/mol. The predicted octanol–water partition coefficient (Wildman–Crippen LogP) is 3.11. The topological polar surface area (TPSA) is 95.3 Å². The number of aromatic nitrogens is 2. The van der Waals surface area contributed by atoms with Gasteiger partial charge in [-0.25, -0.2) is 9.07 Å². The Hall–Kier alpha value is -3.86. The zero-order chi connectivity index (χ0) is 22.2. The van der Waals surface area contributed by atoms with Crippen LogP contribution in [0.1, 0.15) is 23.2 Å². The van der Waals surface area contributed by atoms with Crippen LogP contribution in [0.2, 0.25) is 0 Å². The third-order valence-electron chi connectivity index (χ3n) is 4.89. The molecule has 1 heterocycles. The molecule has 0 aliphatic carbocycles. The Bertz CT molecular complexity index is 1070. The number of halogens is 1. The monoisotopic (exact) mass is 419 g/mol. The van der Waals surface area contributed by atoms with Gasteiger partial charge >= 0.3 is 0 Å². The molecule has 0 amide bonds. The van der Waals surface area contributed by atoms with Crippen LogP contribution in [0.3, 0.4) is 0 Å². The van der Waals surface area contributed by atoms with Gasteiger partial charge in [-0.05, 0) is 42.7 Å². The van der Waals surface area contributed by atoms with Gasteiger partial charge in [0.2, 0.25) is 0 Å². The average molecular weight is 420 g/mol. The molecule has 0 saturated carbocycles. The van der Waals surface area contributed by atoms with Crippen molar-refractivity contribution in [3.05, 3.63) is 77.2 Å². The van der Waals surface area contributed by atoms with Crippen molar-refractivity contribution >= 4 is 11.8 Å². The third kappa shape index (κ3) is 5.39. The second-order valence-electron chi connectivity index (χ2n) is 7.13. The average Bonchev–Trinajstić information content (AvgIpc) is 3.11. The highest BCUT2D eigenvalue weighted by Crippen LogP contribution is 2.21. The van der Waals surface area contributed by atoms with E-state index in [1.54, 1.807) is 23.9 Å². The maximum absolute atomic E-state index is 13.1. The number of anilines is 1. The van der Waals surface area contributed by atoms with Crippen molar-refractivity contribution in [3.63, 3.8) is 0 Å². The third-order valence-corrected chi connectivity index (χ3v) is 4.89. The number of hydrogen-bond donors (Lipinski definition) is 2. The Morgan fingerprint density at radius 1 is 1.23 bits per heavy atom. The molecule has 0 bridgehead atoms. The van der Waals surface area contributed by atoms with E-state index in [1.807, 2.05) is 42.3 Å². The molecule has 3 rings (SSSR count). The second kappa shape index (κ2) is 10.3. The number of nitriles is 1. The summed E-state index contributed by atoms with van der Waals surface area (Å²) in [6.07, 6.45) is 1.36. The van der Waals surface area contributed by atoms with E-state index < -0.39 is 0 Å². The summed E-state index contributed by atoms with van der Waals surface area (Å²) in [5.41, 5.74) is 9.07. The lowest BCUT2D eigenvalue weighted by Crippen LogP contribution is -2.39. The molecule has 0 saturated heterocycles. The van der Waals surface area contributed by atoms with Crippen LogP contribution in [0.25, 0.3) is 5.69 Å². The first-order chi connectivity index (χ1) is 15.0. The Morgan fingerprint density at radius 2 is 1.94 bits per heavy atom. The van der Waals surface area contributed by atoms with Gasteiger partial charge in [-0.2, -0.15) is 10.4 Å². The van der Waals surface area contributed by atoms with E-state index in [9.17, 15) is 9.65 Å². The molecule has 3 N–H and O–H groups in total. The van der Waals surface area contributed by atoms with Gasteiger partial charge in [0.1, 0.15) is 23.3 Å². The highest BCUT2D eigenvalue weighted by molar-refractivity contribution is 5.79. The largest absolute Gasteiger partial charge is 0.382 e. The van der Waals surface area contributed by atoms with E-state index in [1.165, 1.54) is 12.1 Å². The van der Waals surface area contributed by atoms with Crippen LogP contribution < -0.4 is 11.1 Å². The van der Waals surface area contributed by atoms with Gasteiger partial charge in [0.25, 0.3) is 0 Å². The fourth-order valence-corrected chi connectivity index (χ4v) is 3.32. The van der Waals surface area contributed by atoms with E-state index in [-0.39, 0.29) is 5.82 Å². The SMILES string of the molecule is CN=C(NCCCc1nn(-c2ccccc2)c(N)c1C#N)N(C)Cc1ccc(F)cc1. The summed E-state index contributed by atoms with van der Waals surface area (Å²) >= 11 is 0. The zero-order valence-electron chi connectivity index (χ0n) is 17.7. The summed E-state index contributed by atoms with van der Waals surface area (Å²) < 4.78 is 14.7. The minimum atomic E-state index is -0.249. The molecule has 0 aliphatic heterocycles. The van der Waals surface area contributed by atoms with Gasteiger partial charge in [-0.1, -0.05) is 30.3 Å². The van der Waals surface area contributed by atoms with Crippen molar-refractivity contribution in [2.24, 2.45) is 4.99 Å². The second-order valence-corrected chi connectivity index (χ2v) is 7.13. The Kier molecular flexibility index (Phi) is 7.22. The van der Waals surface area contributed by atoms with E-state index in [4.69, 9.17) is 5.73 Å². The number of nitrogens with two attached hydrogens (primary N) is 1. The van der Waals surface area contributed by atoms with Gasteiger partial charge in [0.15, 0.2) is 5.96 Å². The van der Waals surface area contributed by atoms with Crippen molar-refractivity contribution in [1.82, 2.24) is 20.0 Å². The summed E-state index contributed by atoms with van der Waals surface area (Å²) in [5.74, 6) is 0.839. The Balaban J connectivity index is 1.57. The van der Waals surface area contributed by atoms with Gasteiger partial charge in [0.05, 0.1) is 11.4 Å². The zero-order valence-corrected chi connectivity index (χ0v) is 17.7. The number of guanidine groups is 1. The van der Waals surface area contributed by atoms with Gasteiger partial charge < -0.3 is 16.0 Å². The predicted molar refractivity (Wildman–Crippen MR) is 120 cm³/mol. The number of para-hydroxylation sites is 1. The quantitative estimate of drug-likeness (QED) is 0.349. The molecule has 0 fully saturated rings. The fourth-order valence-electron chi connectivity index (χ4n) is 3.32. The highest BCUT2D eigenvalue weighted by Gasteiger charge is 2.16.